The summed E-state index contributed by atoms with van der Waals surface area (Å²) >= 11 is 0. The van der Waals surface area contributed by atoms with Gasteiger partial charge in [-0.25, -0.2) is 0 Å². The number of ether oxygens (including phenoxy) is 1. The third-order valence-corrected chi connectivity index (χ3v) is 1.98. The van der Waals surface area contributed by atoms with Gasteiger partial charge >= 0.3 is 0 Å². The average Bonchev–Trinajstić information content (AvgIpc) is 2.35. The topological polar surface area (TPSA) is 57.4 Å². The molecule has 1 aromatic rings. The molecule has 0 radical (unpaired) electrons. The van der Waals surface area contributed by atoms with Gasteiger partial charge in [0, 0.05) is 7.05 Å². The zero-order valence-electron chi connectivity index (χ0n) is 9.27. The van der Waals surface area contributed by atoms with E-state index in [2.05, 4.69) is 10.3 Å². The lowest BCUT2D eigenvalue weighted by Crippen LogP contribution is -2.14. The Labute approximate surface area is 94.9 Å². The van der Waals surface area contributed by atoms with E-state index in [0.29, 0.717) is 5.84 Å². The molecule has 0 saturated heterocycles. The van der Waals surface area contributed by atoms with E-state index < -0.39 is 0 Å². The Morgan fingerprint density at radius 1 is 1.44 bits per heavy atom. The Bertz CT molecular complexity index is 427. The van der Waals surface area contributed by atoms with Crippen molar-refractivity contribution in [1.29, 1.82) is 5.26 Å². The number of methoxy groups -OCH3 is 1. The van der Waals surface area contributed by atoms with Crippen molar-refractivity contribution in [2.24, 2.45) is 4.99 Å². The van der Waals surface area contributed by atoms with Crippen molar-refractivity contribution in [3.05, 3.63) is 35.9 Å². The SMILES string of the molecule is CNC(C=Cc1ccc(OC)cc1)=NC#N. The van der Waals surface area contributed by atoms with Crippen LogP contribution in [0.2, 0.25) is 0 Å². The highest BCUT2D eigenvalue weighted by Crippen LogP contribution is 2.12. The molecule has 4 nitrogen and oxygen atoms in total. The van der Waals surface area contributed by atoms with E-state index in [-0.39, 0.29) is 0 Å². The van der Waals surface area contributed by atoms with E-state index in [1.807, 2.05) is 30.3 Å². The lowest BCUT2D eigenvalue weighted by molar-refractivity contribution is 0.415. The van der Waals surface area contributed by atoms with E-state index in [1.165, 1.54) is 0 Å². The summed E-state index contributed by atoms with van der Waals surface area (Å²) in [6.07, 6.45) is 5.34. The first kappa shape index (κ1) is 11.8. The fraction of sp³-hybridized carbons (Fsp3) is 0.167. The first-order valence-corrected chi connectivity index (χ1v) is 4.77. The molecule has 0 fully saturated rings. The second-order valence-electron chi connectivity index (χ2n) is 2.95. The normalized spacial score (nSPS) is 11.2. The van der Waals surface area contributed by atoms with Crippen LogP contribution in [0.25, 0.3) is 6.08 Å². The standard InChI is InChI=1S/C12H13N3O/c1-14-12(15-9-13)8-5-10-3-6-11(16-2)7-4-10/h3-8H,1-2H3,(H,14,15). The van der Waals surface area contributed by atoms with Gasteiger partial charge in [-0.3, -0.25) is 0 Å². The second-order valence-corrected chi connectivity index (χ2v) is 2.95. The molecule has 0 saturated carbocycles. The van der Waals surface area contributed by atoms with Gasteiger partial charge in [0.2, 0.25) is 6.19 Å². The van der Waals surface area contributed by atoms with Crippen LogP contribution in [0.3, 0.4) is 0 Å². The van der Waals surface area contributed by atoms with Crippen molar-refractivity contribution in [1.82, 2.24) is 5.32 Å². The summed E-state index contributed by atoms with van der Waals surface area (Å²) in [5, 5.41) is 11.2. The Hall–Kier alpha value is -2.28. The molecule has 16 heavy (non-hydrogen) atoms. The molecule has 0 amide bonds. The van der Waals surface area contributed by atoms with Crippen molar-refractivity contribution in [3.8, 4) is 11.9 Å². The molecule has 0 bridgehead atoms. The Morgan fingerprint density at radius 2 is 2.12 bits per heavy atom. The Balaban J connectivity index is 2.76. The molecule has 1 rings (SSSR count). The molecule has 1 aromatic carbocycles. The van der Waals surface area contributed by atoms with Crippen molar-refractivity contribution < 1.29 is 4.74 Å². The number of nitrogens with zero attached hydrogens (tertiary/aromatic N) is 2. The van der Waals surface area contributed by atoms with Crippen LogP contribution in [-0.4, -0.2) is 20.0 Å². The molecule has 0 aromatic heterocycles. The van der Waals surface area contributed by atoms with E-state index in [1.54, 1.807) is 26.4 Å². The molecule has 0 aliphatic heterocycles. The van der Waals surface area contributed by atoms with Crippen molar-refractivity contribution in [2.75, 3.05) is 14.2 Å². The van der Waals surface area contributed by atoms with Crippen LogP contribution in [0.1, 0.15) is 5.56 Å². The number of hydrogen-bond acceptors (Lipinski definition) is 3. The number of aliphatic imine (C=N–C) groups is 1. The van der Waals surface area contributed by atoms with Gasteiger partial charge in [0.25, 0.3) is 0 Å². The van der Waals surface area contributed by atoms with Gasteiger partial charge in [0.15, 0.2) is 0 Å². The fourth-order valence-corrected chi connectivity index (χ4v) is 1.12. The highest BCUT2D eigenvalue weighted by molar-refractivity contribution is 5.96. The van der Waals surface area contributed by atoms with E-state index >= 15 is 0 Å². The second kappa shape index (κ2) is 6.25. The van der Waals surface area contributed by atoms with Gasteiger partial charge in [-0.15, -0.1) is 0 Å². The fourth-order valence-electron chi connectivity index (χ4n) is 1.12. The number of nitriles is 1. The predicted octanol–water partition coefficient (Wildman–Crippen LogP) is 1.81. The highest BCUT2D eigenvalue weighted by atomic mass is 16.5. The summed E-state index contributed by atoms with van der Waals surface area (Å²) in [4.78, 5) is 3.59. The minimum Gasteiger partial charge on any atom is -0.497 e. The van der Waals surface area contributed by atoms with Gasteiger partial charge in [0.05, 0.1) is 7.11 Å². The largest absolute Gasteiger partial charge is 0.497 e. The number of hydrogen-bond donors (Lipinski definition) is 1. The van der Waals surface area contributed by atoms with Crippen LogP contribution in [0, 0.1) is 11.5 Å². The lowest BCUT2D eigenvalue weighted by Gasteiger charge is -1.99. The molecule has 0 unspecified atom stereocenters. The van der Waals surface area contributed by atoms with Crippen LogP contribution >= 0.6 is 0 Å². The van der Waals surface area contributed by atoms with Gasteiger partial charge in [-0.2, -0.15) is 10.3 Å². The molecule has 0 atom stereocenters. The van der Waals surface area contributed by atoms with Crippen LogP contribution in [0.15, 0.2) is 35.3 Å². The molecule has 4 heteroatoms. The van der Waals surface area contributed by atoms with Crippen LogP contribution < -0.4 is 10.1 Å². The van der Waals surface area contributed by atoms with Crippen molar-refractivity contribution in [3.63, 3.8) is 0 Å². The first-order valence-electron chi connectivity index (χ1n) is 4.77. The van der Waals surface area contributed by atoms with Crippen LogP contribution in [0.4, 0.5) is 0 Å². The molecular weight excluding hydrogens is 202 g/mol. The zero-order chi connectivity index (χ0) is 11.8. The molecule has 82 valence electrons. The maximum Gasteiger partial charge on any atom is 0.207 e. The number of amidine groups is 1. The molecule has 0 aliphatic carbocycles. The van der Waals surface area contributed by atoms with Crippen molar-refractivity contribution in [2.45, 2.75) is 0 Å². The van der Waals surface area contributed by atoms with Crippen molar-refractivity contribution >= 4 is 11.9 Å². The molecule has 1 N–H and O–H groups in total. The molecule has 0 heterocycles. The van der Waals surface area contributed by atoms with Gasteiger partial charge in [-0.05, 0) is 23.8 Å². The van der Waals surface area contributed by atoms with Crippen LogP contribution in [-0.2, 0) is 0 Å². The Kier molecular flexibility index (Phi) is 4.61. The van der Waals surface area contributed by atoms with Gasteiger partial charge < -0.3 is 10.1 Å². The third kappa shape index (κ3) is 3.46. The predicted molar refractivity (Wildman–Crippen MR) is 64.1 cm³/mol. The van der Waals surface area contributed by atoms with E-state index in [4.69, 9.17) is 10.00 Å². The van der Waals surface area contributed by atoms with Crippen LogP contribution in [0.5, 0.6) is 5.75 Å². The molecular formula is C12H13N3O. The monoisotopic (exact) mass is 215 g/mol. The molecule has 0 aliphatic rings. The maximum absolute atomic E-state index is 8.41. The van der Waals surface area contributed by atoms with E-state index in [0.717, 1.165) is 11.3 Å². The number of benzene rings is 1. The van der Waals surface area contributed by atoms with Gasteiger partial charge in [0.1, 0.15) is 11.6 Å². The summed E-state index contributed by atoms with van der Waals surface area (Å²) in [6.45, 7) is 0. The lowest BCUT2D eigenvalue weighted by atomic mass is 10.2. The summed E-state index contributed by atoms with van der Waals surface area (Å²) in [5.41, 5.74) is 1.02. The summed E-state index contributed by atoms with van der Waals surface area (Å²) in [5.74, 6) is 1.34. The van der Waals surface area contributed by atoms with E-state index in [9.17, 15) is 0 Å². The maximum atomic E-state index is 8.41. The first-order chi connectivity index (χ1) is 7.80. The highest BCUT2D eigenvalue weighted by Gasteiger charge is 1.91. The molecule has 0 spiro atoms. The minimum absolute atomic E-state index is 0.526. The van der Waals surface area contributed by atoms with Gasteiger partial charge in [-0.1, -0.05) is 18.2 Å². The quantitative estimate of drug-likeness (QED) is 0.475. The number of likely N-dealkylation sites (N-methyl/N-ethyl adjacent to an activating group) is 1. The third-order valence-electron chi connectivity index (χ3n) is 1.98. The minimum atomic E-state index is 0.526. The number of rotatable bonds is 3. The number of nitrogens with one attached hydrogen (secondary N) is 1. The summed E-state index contributed by atoms with van der Waals surface area (Å²) in [6, 6.07) is 7.60. The zero-order valence-corrected chi connectivity index (χ0v) is 9.27. The smallest absolute Gasteiger partial charge is 0.207 e. The average molecular weight is 215 g/mol. The Morgan fingerprint density at radius 3 is 2.62 bits per heavy atom. The summed E-state index contributed by atoms with van der Waals surface area (Å²) in [7, 11) is 3.35. The summed E-state index contributed by atoms with van der Waals surface area (Å²) < 4.78 is 5.05.